The van der Waals surface area contributed by atoms with Crippen molar-refractivity contribution in [1.82, 2.24) is 4.57 Å². The summed E-state index contributed by atoms with van der Waals surface area (Å²) in [5.74, 6) is -1.85. The van der Waals surface area contributed by atoms with E-state index in [0.717, 1.165) is 5.56 Å². The molecule has 1 aromatic heterocycles. The molecule has 3 rings (SSSR count). The van der Waals surface area contributed by atoms with Crippen LogP contribution in [0.1, 0.15) is 21.5 Å². The maximum atomic E-state index is 12.8. The van der Waals surface area contributed by atoms with E-state index in [9.17, 15) is 18.0 Å². The Bertz CT molecular complexity index is 947. The summed E-state index contributed by atoms with van der Waals surface area (Å²) in [5.41, 5.74) is 1.52. The molecule has 0 saturated carbocycles. The number of ketones is 1. The van der Waals surface area contributed by atoms with Crippen LogP contribution in [-0.2, 0) is 6.54 Å². The van der Waals surface area contributed by atoms with E-state index >= 15 is 0 Å². The highest BCUT2D eigenvalue weighted by atomic mass is 19.4. The second kappa shape index (κ2) is 5.85. The van der Waals surface area contributed by atoms with Crippen molar-refractivity contribution < 1.29 is 18.0 Å². The van der Waals surface area contributed by atoms with Gasteiger partial charge in [-0.25, -0.2) is 0 Å². The van der Waals surface area contributed by atoms with Gasteiger partial charge >= 0.3 is 6.18 Å². The maximum absolute atomic E-state index is 12.8. The number of nitriles is 1. The molecule has 0 amide bonds. The van der Waals surface area contributed by atoms with Crippen LogP contribution in [0.2, 0.25) is 0 Å². The summed E-state index contributed by atoms with van der Waals surface area (Å²) in [6.45, 7) is 0.303. The molecule has 0 atom stereocenters. The van der Waals surface area contributed by atoms with Gasteiger partial charge in [0.15, 0.2) is 0 Å². The van der Waals surface area contributed by atoms with Crippen LogP contribution in [0.3, 0.4) is 0 Å². The number of fused-ring (bicyclic) bond motifs is 1. The molecule has 2 aromatic carbocycles. The van der Waals surface area contributed by atoms with Crippen LogP contribution in [0, 0.1) is 11.3 Å². The van der Waals surface area contributed by atoms with Gasteiger partial charge in [0.1, 0.15) is 0 Å². The zero-order valence-corrected chi connectivity index (χ0v) is 12.3. The first-order valence-corrected chi connectivity index (χ1v) is 7.08. The van der Waals surface area contributed by atoms with Crippen molar-refractivity contribution in [3.05, 3.63) is 71.4 Å². The fraction of sp³-hybridized carbons (Fsp3) is 0.111. The summed E-state index contributed by atoms with van der Waals surface area (Å²) in [7, 11) is 0. The number of rotatable bonds is 3. The van der Waals surface area contributed by atoms with Crippen LogP contribution in [0.25, 0.3) is 10.9 Å². The number of nitrogens with zero attached hydrogens (tertiary/aromatic N) is 2. The van der Waals surface area contributed by atoms with Gasteiger partial charge in [0.05, 0.1) is 17.2 Å². The van der Waals surface area contributed by atoms with Crippen LogP contribution < -0.4 is 0 Å². The van der Waals surface area contributed by atoms with Gasteiger partial charge in [-0.3, -0.25) is 4.79 Å². The van der Waals surface area contributed by atoms with Gasteiger partial charge in [0, 0.05) is 23.6 Å². The molecule has 0 N–H and O–H groups in total. The fourth-order valence-corrected chi connectivity index (χ4v) is 2.59. The van der Waals surface area contributed by atoms with E-state index in [2.05, 4.69) is 0 Å². The lowest BCUT2D eigenvalue weighted by Gasteiger charge is -2.05. The Morgan fingerprint density at radius 1 is 1.08 bits per heavy atom. The normalized spacial score (nSPS) is 11.4. The molecule has 0 fully saturated rings. The lowest BCUT2D eigenvalue weighted by molar-refractivity contribution is -0.0884. The molecule has 0 aliphatic rings. The maximum Gasteiger partial charge on any atom is 0.454 e. The third-order valence-electron chi connectivity index (χ3n) is 3.73. The minimum Gasteiger partial charge on any atom is -0.342 e. The largest absolute Gasteiger partial charge is 0.454 e. The van der Waals surface area contributed by atoms with E-state index < -0.39 is 12.0 Å². The number of alkyl halides is 3. The lowest BCUT2D eigenvalue weighted by Crippen LogP contribution is -2.22. The second-order valence-corrected chi connectivity index (χ2v) is 5.32. The summed E-state index contributed by atoms with van der Waals surface area (Å²) < 4.78 is 40.0. The van der Waals surface area contributed by atoms with Crippen LogP contribution in [0.4, 0.5) is 13.2 Å². The number of hydrogen-bond donors (Lipinski definition) is 0. The highest BCUT2D eigenvalue weighted by Gasteiger charge is 2.40. The number of benzene rings is 2. The highest BCUT2D eigenvalue weighted by molar-refractivity contribution is 6.10. The molecule has 0 aliphatic heterocycles. The van der Waals surface area contributed by atoms with Gasteiger partial charge in [0.2, 0.25) is 0 Å². The number of Topliss-reactive ketones (excluding diaryl/α,β-unsaturated/α-hetero) is 1. The molecule has 0 spiro atoms. The first kappa shape index (κ1) is 15.8. The number of carbonyl (C=O) groups is 1. The Hall–Kier alpha value is -3.07. The molecule has 3 nitrogen and oxygen atoms in total. The predicted octanol–water partition coefficient (Wildman–Crippen LogP) is 4.31. The van der Waals surface area contributed by atoms with Crippen molar-refractivity contribution in [3.63, 3.8) is 0 Å². The Kier molecular flexibility index (Phi) is 3.86. The van der Waals surface area contributed by atoms with Crippen molar-refractivity contribution in [3.8, 4) is 6.07 Å². The number of aromatic nitrogens is 1. The van der Waals surface area contributed by atoms with Crippen LogP contribution in [0.15, 0.2) is 54.7 Å². The van der Waals surface area contributed by atoms with E-state index in [1.807, 2.05) is 6.07 Å². The Morgan fingerprint density at radius 3 is 2.38 bits per heavy atom. The van der Waals surface area contributed by atoms with Crippen LogP contribution >= 0.6 is 0 Å². The molecule has 120 valence electrons. The molecule has 0 unspecified atom stereocenters. The molecule has 0 radical (unpaired) electrons. The van der Waals surface area contributed by atoms with Gasteiger partial charge in [0.25, 0.3) is 5.78 Å². The summed E-state index contributed by atoms with van der Waals surface area (Å²) in [6, 6.07) is 15.2. The minimum atomic E-state index is -4.91. The first-order valence-electron chi connectivity index (χ1n) is 7.08. The zero-order chi connectivity index (χ0) is 17.3. The molecule has 3 aromatic rings. The van der Waals surface area contributed by atoms with Crippen molar-refractivity contribution in [2.45, 2.75) is 12.7 Å². The van der Waals surface area contributed by atoms with E-state index in [1.54, 1.807) is 47.0 Å². The summed E-state index contributed by atoms with van der Waals surface area (Å²) in [5, 5.41) is 9.07. The van der Waals surface area contributed by atoms with E-state index in [0.29, 0.717) is 17.6 Å². The third kappa shape index (κ3) is 2.88. The monoisotopic (exact) mass is 328 g/mol. The number of halogens is 3. The van der Waals surface area contributed by atoms with Crippen molar-refractivity contribution in [2.75, 3.05) is 0 Å². The van der Waals surface area contributed by atoms with Crippen LogP contribution in [-0.4, -0.2) is 16.5 Å². The smallest absolute Gasteiger partial charge is 0.342 e. The number of para-hydroxylation sites is 1. The minimum absolute atomic E-state index is 0.272. The van der Waals surface area contributed by atoms with Gasteiger partial charge in [-0.2, -0.15) is 18.4 Å². The van der Waals surface area contributed by atoms with Crippen molar-refractivity contribution in [1.29, 1.82) is 5.26 Å². The fourth-order valence-electron chi connectivity index (χ4n) is 2.59. The molecule has 0 bridgehead atoms. The highest BCUT2D eigenvalue weighted by Crippen LogP contribution is 2.29. The SMILES string of the molecule is N#Cc1ccc(Cn2cc(C(=O)C(F)(F)F)c3ccccc32)cc1. The molecule has 6 heteroatoms. The summed E-state index contributed by atoms with van der Waals surface area (Å²) in [6.07, 6.45) is -3.68. The molecular formula is C18H11F3N2O. The van der Waals surface area contributed by atoms with Crippen molar-refractivity contribution in [2.24, 2.45) is 0 Å². The summed E-state index contributed by atoms with van der Waals surface area (Å²) in [4.78, 5) is 11.7. The molecule has 1 heterocycles. The molecule has 0 saturated heterocycles. The number of hydrogen-bond acceptors (Lipinski definition) is 2. The second-order valence-electron chi connectivity index (χ2n) is 5.32. The summed E-state index contributed by atoms with van der Waals surface area (Å²) >= 11 is 0. The molecular weight excluding hydrogens is 317 g/mol. The Labute approximate surface area is 135 Å². The average molecular weight is 328 g/mol. The topological polar surface area (TPSA) is 45.8 Å². The quantitative estimate of drug-likeness (QED) is 0.673. The standard InChI is InChI=1S/C18H11F3N2O/c19-18(20,21)17(24)15-11-23(16-4-2-1-3-14(15)16)10-13-7-5-12(9-22)6-8-13/h1-8,11H,10H2. The predicted molar refractivity (Wildman–Crippen MR) is 82.6 cm³/mol. The van der Waals surface area contributed by atoms with Crippen LogP contribution in [0.5, 0.6) is 0 Å². The molecule has 0 aliphatic carbocycles. The molecule has 24 heavy (non-hydrogen) atoms. The van der Waals surface area contributed by atoms with Crippen molar-refractivity contribution >= 4 is 16.7 Å². The van der Waals surface area contributed by atoms with Gasteiger partial charge in [-0.05, 0) is 23.8 Å². The van der Waals surface area contributed by atoms with E-state index in [1.165, 1.54) is 12.3 Å². The van der Waals surface area contributed by atoms with E-state index in [4.69, 9.17) is 5.26 Å². The average Bonchev–Trinajstić information content (AvgIpc) is 2.93. The van der Waals surface area contributed by atoms with E-state index in [-0.39, 0.29) is 10.9 Å². The Balaban J connectivity index is 2.05. The van der Waals surface area contributed by atoms with Gasteiger partial charge < -0.3 is 4.57 Å². The Morgan fingerprint density at radius 2 is 1.75 bits per heavy atom. The number of carbonyl (C=O) groups excluding carboxylic acids is 1. The lowest BCUT2D eigenvalue weighted by atomic mass is 10.1. The third-order valence-corrected chi connectivity index (χ3v) is 3.73. The van der Waals surface area contributed by atoms with Gasteiger partial charge in [-0.15, -0.1) is 0 Å². The van der Waals surface area contributed by atoms with Gasteiger partial charge in [-0.1, -0.05) is 30.3 Å². The first-order chi connectivity index (χ1) is 11.4. The zero-order valence-electron chi connectivity index (χ0n) is 12.3.